The molecule has 0 bridgehead atoms. The molecule has 6 rings (SSSR count). The van der Waals surface area contributed by atoms with Crippen molar-refractivity contribution >= 4 is 38.7 Å². The highest BCUT2D eigenvalue weighted by Crippen LogP contribution is 2.36. The Morgan fingerprint density at radius 2 is 1.76 bits per heavy atom. The normalized spacial score (nSPS) is 14.4. The van der Waals surface area contributed by atoms with E-state index in [1.165, 1.54) is 19.2 Å². The van der Waals surface area contributed by atoms with Gasteiger partial charge in [-0.1, -0.05) is 24.3 Å². The standard InChI is InChI=1S/C30H26FN5O4S/c1-18(19-3-8-23(31)9-4-19)29(37)32-24-10-5-20(6-11-24)22-7-12-28-34-30(35-36(28)17-22)33-25-15-21-13-14-41(38,39)27(21)16-26(25)40-2/h3-12,15-18H,13-14H2,1-2H3,(H,32,37)(H,33,35)/t18-/m1/s1. The van der Waals surface area contributed by atoms with Crippen LogP contribution in [0.4, 0.5) is 21.7 Å². The van der Waals surface area contributed by atoms with Crippen molar-refractivity contribution in [1.82, 2.24) is 14.6 Å². The lowest BCUT2D eigenvalue weighted by atomic mass is 10.00. The highest BCUT2D eigenvalue weighted by Gasteiger charge is 2.28. The van der Waals surface area contributed by atoms with Gasteiger partial charge in [0.15, 0.2) is 15.5 Å². The number of pyridine rings is 1. The minimum atomic E-state index is -3.28. The molecule has 0 spiro atoms. The van der Waals surface area contributed by atoms with Crippen LogP contribution in [0.15, 0.2) is 83.9 Å². The van der Waals surface area contributed by atoms with Gasteiger partial charge >= 0.3 is 0 Å². The Hall–Kier alpha value is -4.77. The number of halogens is 1. The minimum absolute atomic E-state index is 0.0901. The molecule has 9 nitrogen and oxygen atoms in total. The van der Waals surface area contributed by atoms with E-state index < -0.39 is 15.8 Å². The van der Waals surface area contributed by atoms with Gasteiger partial charge < -0.3 is 15.4 Å². The van der Waals surface area contributed by atoms with E-state index in [1.54, 1.807) is 35.7 Å². The third kappa shape index (κ3) is 5.23. The summed E-state index contributed by atoms with van der Waals surface area (Å²) in [4.78, 5) is 17.5. The van der Waals surface area contributed by atoms with Gasteiger partial charge in [-0.3, -0.25) is 4.79 Å². The fraction of sp³-hybridized carbons (Fsp3) is 0.167. The molecule has 41 heavy (non-hydrogen) atoms. The van der Waals surface area contributed by atoms with Crippen molar-refractivity contribution in [3.63, 3.8) is 0 Å². The number of benzene rings is 3. The van der Waals surface area contributed by atoms with Crippen molar-refractivity contribution < 1.29 is 22.3 Å². The van der Waals surface area contributed by atoms with Crippen LogP contribution in [0, 0.1) is 5.82 Å². The maximum atomic E-state index is 13.2. The molecular formula is C30H26FN5O4S. The van der Waals surface area contributed by atoms with Gasteiger partial charge in [0.2, 0.25) is 11.9 Å². The van der Waals surface area contributed by atoms with Gasteiger partial charge in [-0.2, -0.15) is 4.98 Å². The molecule has 1 amide bonds. The predicted molar refractivity (Wildman–Crippen MR) is 154 cm³/mol. The van der Waals surface area contributed by atoms with Gasteiger partial charge in [-0.25, -0.2) is 17.3 Å². The number of hydrogen-bond donors (Lipinski definition) is 2. The Morgan fingerprint density at radius 1 is 1.02 bits per heavy atom. The fourth-order valence-corrected chi connectivity index (χ4v) is 6.39. The van der Waals surface area contributed by atoms with Crippen LogP contribution in [-0.4, -0.2) is 41.8 Å². The zero-order valence-electron chi connectivity index (χ0n) is 22.3. The first-order chi connectivity index (χ1) is 19.7. The van der Waals surface area contributed by atoms with Gasteiger partial charge in [0.25, 0.3) is 0 Å². The maximum absolute atomic E-state index is 13.2. The summed E-state index contributed by atoms with van der Waals surface area (Å²) in [6, 6.07) is 20.5. The molecule has 208 valence electrons. The monoisotopic (exact) mass is 571 g/mol. The van der Waals surface area contributed by atoms with Gasteiger partial charge in [0.1, 0.15) is 11.6 Å². The number of hydrogen-bond acceptors (Lipinski definition) is 7. The molecule has 2 N–H and O–H groups in total. The zero-order chi connectivity index (χ0) is 28.7. The summed E-state index contributed by atoms with van der Waals surface area (Å²) in [5, 5.41) is 10.6. The summed E-state index contributed by atoms with van der Waals surface area (Å²) in [7, 11) is -1.79. The molecule has 1 aliphatic heterocycles. The average molecular weight is 572 g/mol. The highest BCUT2D eigenvalue weighted by molar-refractivity contribution is 7.91. The maximum Gasteiger partial charge on any atom is 0.247 e. The summed E-state index contributed by atoms with van der Waals surface area (Å²) in [5.74, 6) is -0.130. The van der Waals surface area contributed by atoms with Crippen LogP contribution in [0.5, 0.6) is 5.75 Å². The number of aryl methyl sites for hydroxylation is 1. The number of ether oxygens (including phenoxy) is 1. The number of nitrogens with zero attached hydrogens (tertiary/aromatic N) is 3. The third-order valence-electron chi connectivity index (χ3n) is 7.18. The van der Waals surface area contributed by atoms with Crippen LogP contribution in [0.1, 0.15) is 24.0 Å². The fourth-order valence-electron chi connectivity index (χ4n) is 4.84. The number of carbonyl (C=O) groups is 1. The van der Waals surface area contributed by atoms with Crippen molar-refractivity contribution in [3.05, 3.63) is 95.9 Å². The molecule has 3 heterocycles. The second kappa shape index (κ2) is 10.3. The van der Waals surface area contributed by atoms with Crippen LogP contribution >= 0.6 is 0 Å². The van der Waals surface area contributed by atoms with E-state index in [1.807, 2.05) is 42.6 Å². The number of methoxy groups -OCH3 is 1. The lowest BCUT2D eigenvalue weighted by Crippen LogP contribution is -2.18. The first-order valence-electron chi connectivity index (χ1n) is 12.9. The van der Waals surface area contributed by atoms with E-state index in [0.29, 0.717) is 40.0 Å². The van der Waals surface area contributed by atoms with E-state index in [-0.39, 0.29) is 17.5 Å². The van der Waals surface area contributed by atoms with Crippen molar-refractivity contribution in [2.24, 2.45) is 0 Å². The molecule has 11 heteroatoms. The lowest BCUT2D eigenvalue weighted by Gasteiger charge is -2.13. The molecule has 0 fully saturated rings. The smallest absolute Gasteiger partial charge is 0.247 e. The Balaban J connectivity index is 1.18. The van der Waals surface area contributed by atoms with Crippen molar-refractivity contribution in [3.8, 4) is 16.9 Å². The van der Waals surface area contributed by atoms with Crippen LogP contribution in [-0.2, 0) is 21.1 Å². The van der Waals surface area contributed by atoms with E-state index >= 15 is 0 Å². The van der Waals surface area contributed by atoms with Crippen molar-refractivity contribution in [2.45, 2.75) is 24.2 Å². The van der Waals surface area contributed by atoms with Gasteiger partial charge in [0, 0.05) is 23.5 Å². The number of fused-ring (bicyclic) bond motifs is 2. The topological polar surface area (TPSA) is 115 Å². The summed E-state index contributed by atoms with van der Waals surface area (Å²) in [6.45, 7) is 1.78. The SMILES string of the molecule is COc1cc2c(cc1Nc1nc3ccc(-c4ccc(NC(=O)[C@H](C)c5ccc(F)cc5)cc4)cn3n1)CCS2(=O)=O. The molecule has 0 aliphatic carbocycles. The number of amides is 1. The molecule has 1 atom stereocenters. The van der Waals surface area contributed by atoms with E-state index in [2.05, 4.69) is 20.7 Å². The number of sulfone groups is 1. The first-order valence-corrected chi connectivity index (χ1v) is 14.6. The summed E-state index contributed by atoms with van der Waals surface area (Å²) >= 11 is 0. The molecule has 0 saturated heterocycles. The van der Waals surface area contributed by atoms with Crippen LogP contribution in [0.3, 0.4) is 0 Å². The largest absolute Gasteiger partial charge is 0.495 e. The third-order valence-corrected chi connectivity index (χ3v) is 8.98. The first kappa shape index (κ1) is 26.5. The summed E-state index contributed by atoms with van der Waals surface area (Å²) in [6.07, 6.45) is 2.30. The molecule has 0 radical (unpaired) electrons. The van der Waals surface area contributed by atoms with Gasteiger partial charge in [-0.15, -0.1) is 5.10 Å². The van der Waals surface area contributed by atoms with E-state index in [4.69, 9.17) is 4.74 Å². The molecule has 0 unspecified atom stereocenters. The Morgan fingerprint density at radius 3 is 2.49 bits per heavy atom. The number of nitrogens with one attached hydrogen (secondary N) is 2. The Labute approximate surface area is 235 Å². The summed E-state index contributed by atoms with van der Waals surface area (Å²) in [5.41, 5.74) is 5.15. The molecule has 5 aromatic rings. The van der Waals surface area contributed by atoms with Crippen LogP contribution in [0.25, 0.3) is 16.8 Å². The average Bonchev–Trinajstić information content (AvgIpc) is 3.51. The Bertz CT molecular complexity index is 1890. The minimum Gasteiger partial charge on any atom is -0.495 e. The quantitative estimate of drug-likeness (QED) is 0.270. The number of carbonyl (C=O) groups excluding carboxylic acids is 1. The van der Waals surface area contributed by atoms with Crippen molar-refractivity contribution in [2.75, 3.05) is 23.5 Å². The van der Waals surface area contributed by atoms with E-state index in [9.17, 15) is 17.6 Å². The predicted octanol–water partition coefficient (Wildman–Crippen LogP) is 5.36. The summed E-state index contributed by atoms with van der Waals surface area (Å²) < 4.78 is 44.9. The molecule has 0 saturated carbocycles. The molecule has 3 aromatic carbocycles. The van der Waals surface area contributed by atoms with Crippen LogP contribution in [0.2, 0.25) is 0 Å². The van der Waals surface area contributed by atoms with Crippen molar-refractivity contribution in [1.29, 1.82) is 0 Å². The lowest BCUT2D eigenvalue weighted by molar-refractivity contribution is -0.117. The molecule has 1 aliphatic rings. The van der Waals surface area contributed by atoms with Gasteiger partial charge in [0.05, 0.1) is 29.4 Å². The molecule has 2 aromatic heterocycles. The highest BCUT2D eigenvalue weighted by atomic mass is 32.2. The number of anilines is 3. The second-order valence-corrected chi connectivity index (χ2v) is 11.9. The second-order valence-electron chi connectivity index (χ2n) is 9.85. The molecular weight excluding hydrogens is 545 g/mol. The van der Waals surface area contributed by atoms with Crippen LogP contribution < -0.4 is 15.4 Å². The number of aromatic nitrogens is 3. The Kier molecular flexibility index (Phi) is 6.66. The van der Waals surface area contributed by atoms with Gasteiger partial charge in [-0.05, 0) is 72.5 Å². The zero-order valence-corrected chi connectivity index (χ0v) is 23.1. The number of rotatable bonds is 7. The van der Waals surface area contributed by atoms with E-state index in [0.717, 1.165) is 22.3 Å².